The van der Waals surface area contributed by atoms with Crippen molar-refractivity contribution in [3.63, 3.8) is 0 Å². The van der Waals surface area contributed by atoms with Crippen molar-refractivity contribution in [3.8, 4) is 0 Å². The summed E-state index contributed by atoms with van der Waals surface area (Å²) in [6.45, 7) is 4.03. The van der Waals surface area contributed by atoms with Crippen LogP contribution >= 0.6 is 15.9 Å². The number of nitrogens with zero attached hydrogens (tertiary/aromatic N) is 1. The van der Waals surface area contributed by atoms with Gasteiger partial charge in [-0.3, -0.25) is 10.1 Å². The number of benzene rings is 1. The molecule has 16 heavy (non-hydrogen) atoms. The highest BCUT2D eigenvalue weighted by atomic mass is 79.9. The molecule has 0 saturated heterocycles. The summed E-state index contributed by atoms with van der Waals surface area (Å²) in [5, 5.41) is 10.6. The van der Waals surface area contributed by atoms with Crippen molar-refractivity contribution < 1.29 is 4.92 Å². The zero-order valence-electron chi connectivity index (χ0n) is 9.31. The van der Waals surface area contributed by atoms with Crippen LogP contribution in [0.15, 0.2) is 22.7 Å². The molecule has 0 radical (unpaired) electrons. The maximum Gasteiger partial charge on any atom is 0.270 e. The van der Waals surface area contributed by atoms with E-state index in [0.29, 0.717) is 5.92 Å². The molecule has 1 aromatic rings. The monoisotopic (exact) mass is 286 g/mol. The second-order valence-corrected chi connectivity index (χ2v) is 4.93. The van der Waals surface area contributed by atoms with Crippen molar-refractivity contribution in [2.75, 3.05) is 0 Å². The van der Waals surface area contributed by atoms with E-state index in [-0.39, 0.29) is 11.7 Å². The van der Waals surface area contributed by atoms with Crippen LogP contribution in [0.3, 0.4) is 0 Å². The van der Waals surface area contributed by atoms with E-state index in [1.165, 1.54) is 12.1 Å². The molecule has 0 fully saturated rings. The summed E-state index contributed by atoms with van der Waals surface area (Å²) in [5.41, 5.74) is 6.94. The average molecular weight is 287 g/mol. The van der Waals surface area contributed by atoms with Crippen molar-refractivity contribution in [1.29, 1.82) is 0 Å². The van der Waals surface area contributed by atoms with Crippen molar-refractivity contribution >= 4 is 21.6 Å². The smallest absolute Gasteiger partial charge is 0.270 e. The minimum atomic E-state index is -0.399. The lowest BCUT2D eigenvalue weighted by atomic mass is 9.95. The van der Waals surface area contributed by atoms with Gasteiger partial charge in [0.25, 0.3) is 5.69 Å². The molecule has 1 rings (SSSR count). The summed E-state index contributed by atoms with van der Waals surface area (Å²) in [4.78, 5) is 10.2. The molecule has 0 spiro atoms. The van der Waals surface area contributed by atoms with Gasteiger partial charge in [0.15, 0.2) is 0 Å². The minimum absolute atomic E-state index is 0.101. The van der Waals surface area contributed by atoms with Gasteiger partial charge in [0.05, 0.1) is 4.92 Å². The zero-order chi connectivity index (χ0) is 12.3. The van der Waals surface area contributed by atoms with Gasteiger partial charge in [-0.05, 0) is 24.8 Å². The first kappa shape index (κ1) is 13.1. The molecular weight excluding hydrogens is 272 g/mol. The van der Waals surface area contributed by atoms with Crippen LogP contribution in [-0.2, 0) is 6.42 Å². The zero-order valence-corrected chi connectivity index (χ0v) is 10.9. The van der Waals surface area contributed by atoms with E-state index in [1.807, 2.05) is 6.92 Å². The molecule has 2 atom stereocenters. The Morgan fingerprint density at radius 1 is 1.50 bits per heavy atom. The van der Waals surface area contributed by atoms with Crippen LogP contribution in [0.25, 0.3) is 0 Å². The number of non-ortho nitro benzene ring substituents is 1. The molecule has 2 N–H and O–H groups in total. The van der Waals surface area contributed by atoms with E-state index < -0.39 is 4.92 Å². The second-order valence-electron chi connectivity index (χ2n) is 4.07. The molecule has 88 valence electrons. The number of nitrogens with two attached hydrogens (primary N) is 1. The highest BCUT2D eigenvalue weighted by molar-refractivity contribution is 9.10. The number of hydrogen-bond acceptors (Lipinski definition) is 3. The van der Waals surface area contributed by atoms with E-state index in [1.54, 1.807) is 6.07 Å². The molecule has 1 aromatic carbocycles. The summed E-state index contributed by atoms with van der Waals surface area (Å²) in [6.07, 6.45) is 0.816. The van der Waals surface area contributed by atoms with Gasteiger partial charge in [0, 0.05) is 22.6 Å². The molecule has 0 aliphatic carbocycles. The van der Waals surface area contributed by atoms with Crippen molar-refractivity contribution in [2.24, 2.45) is 11.7 Å². The average Bonchev–Trinajstić information content (AvgIpc) is 2.20. The predicted molar refractivity (Wildman–Crippen MR) is 67.3 cm³/mol. The van der Waals surface area contributed by atoms with E-state index in [0.717, 1.165) is 16.5 Å². The third-order valence-corrected chi connectivity index (χ3v) is 3.43. The predicted octanol–water partition coefficient (Wildman–Crippen LogP) is 2.88. The topological polar surface area (TPSA) is 69.2 Å². The summed E-state index contributed by atoms with van der Waals surface area (Å²) in [7, 11) is 0. The van der Waals surface area contributed by atoms with Gasteiger partial charge in [-0.15, -0.1) is 0 Å². The lowest BCUT2D eigenvalue weighted by Crippen LogP contribution is -2.25. The van der Waals surface area contributed by atoms with Crippen LogP contribution in [0.5, 0.6) is 0 Å². The Morgan fingerprint density at radius 3 is 2.56 bits per heavy atom. The Bertz CT molecular complexity index is 394. The highest BCUT2D eigenvalue weighted by Gasteiger charge is 2.13. The number of nitro benzene ring substituents is 1. The lowest BCUT2D eigenvalue weighted by Gasteiger charge is -2.16. The van der Waals surface area contributed by atoms with Crippen LogP contribution in [-0.4, -0.2) is 11.0 Å². The molecule has 0 bridgehead atoms. The number of halogens is 1. The summed E-state index contributed by atoms with van der Waals surface area (Å²) in [6, 6.07) is 4.94. The number of nitro groups is 1. The van der Waals surface area contributed by atoms with Crippen LogP contribution < -0.4 is 5.73 Å². The van der Waals surface area contributed by atoms with Crippen LogP contribution in [0.1, 0.15) is 19.4 Å². The van der Waals surface area contributed by atoms with Crippen molar-refractivity contribution in [1.82, 2.24) is 0 Å². The van der Waals surface area contributed by atoms with Gasteiger partial charge in [-0.2, -0.15) is 0 Å². The number of rotatable bonds is 4. The van der Waals surface area contributed by atoms with Gasteiger partial charge in [-0.1, -0.05) is 28.9 Å². The first-order valence-corrected chi connectivity index (χ1v) is 5.89. The van der Waals surface area contributed by atoms with Crippen molar-refractivity contribution in [2.45, 2.75) is 26.3 Å². The first-order valence-electron chi connectivity index (χ1n) is 5.10. The summed E-state index contributed by atoms with van der Waals surface area (Å²) in [5.74, 6) is 0.345. The Hall–Kier alpha value is -0.940. The van der Waals surface area contributed by atoms with Crippen molar-refractivity contribution in [3.05, 3.63) is 38.3 Å². The Morgan fingerprint density at radius 2 is 2.12 bits per heavy atom. The van der Waals surface area contributed by atoms with E-state index in [2.05, 4.69) is 22.9 Å². The lowest BCUT2D eigenvalue weighted by molar-refractivity contribution is -0.384. The molecule has 4 nitrogen and oxygen atoms in total. The summed E-state index contributed by atoms with van der Waals surface area (Å²) < 4.78 is 0.772. The second kappa shape index (κ2) is 5.41. The van der Waals surface area contributed by atoms with Crippen LogP contribution in [0, 0.1) is 16.0 Å². The fraction of sp³-hybridized carbons (Fsp3) is 0.455. The maximum atomic E-state index is 10.6. The number of hydrogen-bond donors (Lipinski definition) is 1. The third-order valence-electron chi connectivity index (χ3n) is 2.69. The van der Waals surface area contributed by atoms with E-state index in [4.69, 9.17) is 5.73 Å². The molecule has 0 amide bonds. The molecule has 0 aromatic heterocycles. The SMILES string of the molecule is CC(N)C(C)Cc1ccc([N+](=O)[O-])cc1Br. The third kappa shape index (κ3) is 3.28. The molecular formula is C11H15BrN2O2. The fourth-order valence-corrected chi connectivity index (χ4v) is 1.88. The van der Waals surface area contributed by atoms with Crippen LogP contribution in [0.2, 0.25) is 0 Å². The maximum absolute atomic E-state index is 10.6. The molecule has 0 aliphatic heterocycles. The fourth-order valence-electron chi connectivity index (χ4n) is 1.35. The normalized spacial score (nSPS) is 14.5. The molecule has 5 heteroatoms. The molecule has 2 unspecified atom stereocenters. The summed E-state index contributed by atoms with van der Waals surface area (Å²) >= 11 is 3.35. The van der Waals surface area contributed by atoms with Gasteiger partial charge >= 0.3 is 0 Å². The van der Waals surface area contributed by atoms with Gasteiger partial charge < -0.3 is 5.73 Å². The first-order chi connectivity index (χ1) is 7.41. The molecule has 0 saturated carbocycles. The quantitative estimate of drug-likeness (QED) is 0.683. The van der Waals surface area contributed by atoms with Gasteiger partial charge in [-0.25, -0.2) is 0 Å². The Balaban J connectivity index is 2.87. The molecule has 0 heterocycles. The Kier molecular flexibility index (Phi) is 4.44. The van der Waals surface area contributed by atoms with E-state index >= 15 is 0 Å². The largest absolute Gasteiger partial charge is 0.328 e. The Labute approximate surface area is 103 Å². The van der Waals surface area contributed by atoms with Gasteiger partial charge in [0.1, 0.15) is 0 Å². The minimum Gasteiger partial charge on any atom is -0.328 e. The van der Waals surface area contributed by atoms with E-state index in [9.17, 15) is 10.1 Å². The highest BCUT2D eigenvalue weighted by Crippen LogP contribution is 2.25. The molecule has 0 aliphatic rings. The van der Waals surface area contributed by atoms with Gasteiger partial charge in [0.2, 0.25) is 0 Å². The standard InChI is InChI=1S/C11H15BrN2O2/c1-7(8(2)13)5-9-3-4-10(14(15)16)6-11(9)12/h3-4,6-8H,5,13H2,1-2H3. The van der Waals surface area contributed by atoms with Crippen LogP contribution in [0.4, 0.5) is 5.69 Å².